The summed E-state index contributed by atoms with van der Waals surface area (Å²) in [6, 6.07) is 2.64. The van der Waals surface area contributed by atoms with E-state index in [1.807, 2.05) is 18.7 Å². The summed E-state index contributed by atoms with van der Waals surface area (Å²) >= 11 is 2.00. The number of rotatable bonds is 4. The molecule has 1 N–H and O–H groups in total. The van der Waals surface area contributed by atoms with E-state index in [0.29, 0.717) is 6.04 Å². The number of thioether (sulfide) groups is 1. The van der Waals surface area contributed by atoms with Gasteiger partial charge in [-0.15, -0.1) is 0 Å². The van der Waals surface area contributed by atoms with Crippen LogP contribution >= 0.6 is 11.8 Å². The summed E-state index contributed by atoms with van der Waals surface area (Å²) in [6.45, 7) is 2.01. The Morgan fingerprint density at radius 1 is 1.33 bits per heavy atom. The minimum atomic E-state index is 0.573. The fourth-order valence-corrected chi connectivity index (χ4v) is 3.23. The molecule has 18 heavy (non-hydrogen) atoms. The molecule has 0 radical (unpaired) electrons. The van der Waals surface area contributed by atoms with Gasteiger partial charge in [0.05, 0.1) is 19.0 Å². The van der Waals surface area contributed by atoms with Gasteiger partial charge < -0.3 is 10.1 Å². The van der Waals surface area contributed by atoms with Crippen LogP contribution in [0, 0.1) is 6.92 Å². The maximum absolute atomic E-state index is 5.36. The minimum Gasteiger partial charge on any atom is -0.493 e. The van der Waals surface area contributed by atoms with Gasteiger partial charge in [-0.1, -0.05) is 0 Å². The van der Waals surface area contributed by atoms with E-state index in [-0.39, 0.29) is 0 Å². The van der Waals surface area contributed by atoms with Crippen molar-refractivity contribution in [1.82, 2.24) is 4.98 Å². The molecule has 1 saturated carbocycles. The number of methoxy groups -OCH3 is 1. The summed E-state index contributed by atoms with van der Waals surface area (Å²) in [5, 5.41) is 4.46. The van der Waals surface area contributed by atoms with Crippen LogP contribution in [0.4, 0.5) is 5.69 Å². The minimum absolute atomic E-state index is 0.573. The van der Waals surface area contributed by atoms with Gasteiger partial charge in [-0.25, -0.2) is 0 Å². The summed E-state index contributed by atoms with van der Waals surface area (Å²) in [5.74, 6) is 0.840. The molecule has 1 aromatic heterocycles. The largest absolute Gasteiger partial charge is 0.493 e. The van der Waals surface area contributed by atoms with Crippen LogP contribution in [0.5, 0.6) is 5.75 Å². The number of hydrogen-bond donors (Lipinski definition) is 1. The van der Waals surface area contributed by atoms with Crippen molar-refractivity contribution in [2.75, 3.05) is 18.7 Å². The second-order valence-electron chi connectivity index (χ2n) is 4.88. The Bertz CT molecular complexity index is 389. The van der Waals surface area contributed by atoms with Crippen LogP contribution in [0.25, 0.3) is 0 Å². The molecule has 1 aliphatic carbocycles. The van der Waals surface area contributed by atoms with E-state index >= 15 is 0 Å². The molecule has 0 amide bonds. The predicted octanol–water partition coefficient (Wildman–Crippen LogP) is 3.48. The summed E-state index contributed by atoms with van der Waals surface area (Å²) < 4.78 is 5.36. The molecule has 0 aromatic carbocycles. The van der Waals surface area contributed by atoms with Crippen LogP contribution in [-0.2, 0) is 0 Å². The first-order chi connectivity index (χ1) is 8.72. The normalized spacial score (nSPS) is 23.7. The Morgan fingerprint density at radius 3 is 2.67 bits per heavy atom. The molecule has 1 fully saturated rings. The number of anilines is 1. The van der Waals surface area contributed by atoms with Gasteiger partial charge in [-0.2, -0.15) is 11.8 Å². The lowest BCUT2D eigenvalue weighted by Crippen LogP contribution is -2.27. The molecule has 0 unspecified atom stereocenters. The molecule has 100 valence electrons. The average molecular weight is 266 g/mol. The lowest BCUT2D eigenvalue weighted by molar-refractivity contribution is 0.411. The third kappa shape index (κ3) is 3.31. The average Bonchev–Trinajstić information content (AvgIpc) is 2.40. The van der Waals surface area contributed by atoms with Crippen molar-refractivity contribution in [3.05, 3.63) is 18.0 Å². The van der Waals surface area contributed by atoms with Crippen molar-refractivity contribution < 1.29 is 4.74 Å². The van der Waals surface area contributed by atoms with Gasteiger partial charge in [0, 0.05) is 17.0 Å². The Hall–Kier alpha value is -0.900. The van der Waals surface area contributed by atoms with E-state index in [9.17, 15) is 0 Å². The molecule has 4 heteroatoms. The number of hydrogen-bond acceptors (Lipinski definition) is 4. The van der Waals surface area contributed by atoms with Crippen LogP contribution in [-0.4, -0.2) is 29.6 Å². The van der Waals surface area contributed by atoms with Gasteiger partial charge in [0.1, 0.15) is 0 Å². The van der Waals surface area contributed by atoms with Crippen molar-refractivity contribution in [3.63, 3.8) is 0 Å². The zero-order valence-corrected chi connectivity index (χ0v) is 12.2. The van der Waals surface area contributed by atoms with E-state index in [1.165, 1.54) is 25.7 Å². The van der Waals surface area contributed by atoms with Gasteiger partial charge >= 0.3 is 0 Å². The van der Waals surface area contributed by atoms with Crippen LogP contribution in [0.1, 0.15) is 31.4 Å². The van der Waals surface area contributed by atoms with Crippen molar-refractivity contribution in [3.8, 4) is 5.75 Å². The number of aryl methyl sites for hydroxylation is 1. The molecule has 0 bridgehead atoms. The van der Waals surface area contributed by atoms with Gasteiger partial charge in [0.25, 0.3) is 0 Å². The highest BCUT2D eigenvalue weighted by Gasteiger charge is 2.21. The number of pyridine rings is 1. The van der Waals surface area contributed by atoms with Crippen LogP contribution in [0.3, 0.4) is 0 Å². The molecule has 1 aliphatic rings. The predicted molar refractivity (Wildman–Crippen MR) is 78.7 cm³/mol. The third-order valence-electron chi connectivity index (χ3n) is 3.59. The van der Waals surface area contributed by atoms with Crippen molar-refractivity contribution in [2.24, 2.45) is 0 Å². The van der Waals surface area contributed by atoms with Crippen LogP contribution < -0.4 is 10.1 Å². The Balaban J connectivity index is 1.99. The molecule has 1 aromatic rings. The standard InChI is InChI=1S/C14H22N2OS/c1-10-8-13(14(17-2)9-15-10)16-11-4-6-12(18-3)7-5-11/h8-9,11-12H,4-7H2,1-3H3,(H,15,16). The van der Waals surface area contributed by atoms with E-state index in [4.69, 9.17) is 4.74 Å². The topological polar surface area (TPSA) is 34.1 Å². The highest BCUT2D eigenvalue weighted by molar-refractivity contribution is 7.99. The highest BCUT2D eigenvalue weighted by Crippen LogP contribution is 2.31. The third-order valence-corrected chi connectivity index (χ3v) is 4.73. The lowest BCUT2D eigenvalue weighted by atomic mass is 9.95. The molecule has 2 rings (SSSR count). The zero-order valence-electron chi connectivity index (χ0n) is 11.4. The highest BCUT2D eigenvalue weighted by atomic mass is 32.2. The first-order valence-corrected chi connectivity index (χ1v) is 7.81. The van der Waals surface area contributed by atoms with Crippen molar-refractivity contribution in [2.45, 2.75) is 43.9 Å². The number of nitrogens with one attached hydrogen (secondary N) is 1. The monoisotopic (exact) mass is 266 g/mol. The maximum atomic E-state index is 5.36. The number of nitrogens with zero attached hydrogens (tertiary/aromatic N) is 1. The lowest BCUT2D eigenvalue weighted by Gasteiger charge is -2.29. The molecule has 0 atom stereocenters. The van der Waals surface area contributed by atoms with E-state index in [0.717, 1.165) is 22.4 Å². The molecule has 1 heterocycles. The fraction of sp³-hybridized carbons (Fsp3) is 0.643. The van der Waals surface area contributed by atoms with Crippen LogP contribution in [0.2, 0.25) is 0 Å². The van der Waals surface area contributed by atoms with Crippen LogP contribution in [0.15, 0.2) is 12.3 Å². The van der Waals surface area contributed by atoms with E-state index in [2.05, 4.69) is 22.6 Å². The summed E-state index contributed by atoms with van der Waals surface area (Å²) in [6.07, 6.45) is 9.13. The molecular weight excluding hydrogens is 244 g/mol. The van der Waals surface area contributed by atoms with Gasteiger partial charge in [-0.3, -0.25) is 4.98 Å². The van der Waals surface area contributed by atoms with Crippen molar-refractivity contribution >= 4 is 17.4 Å². The molecule has 0 aliphatic heterocycles. The summed E-state index contributed by atoms with van der Waals surface area (Å²) in [4.78, 5) is 4.26. The van der Waals surface area contributed by atoms with Gasteiger partial charge in [-0.05, 0) is 44.9 Å². The Labute approximate surface area is 114 Å². The number of aromatic nitrogens is 1. The Morgan fingerprint density at radius 2 is 2.06 bits per heavy atom. The van der Waals surface area contributed by atoms with Crippen molar-refractivity contribution in [1.29, 1.82) is 0 Å². The first-order valence-electron chi connectivity index (χ1n) is 6.53. The zero-order chi connectivity index (χ0) is 13.0. The van der Waals surface area contributed by atoms with Gasteiger partial charge in [0.2, 0.25) is 0 Å². The first kappa shape index (κ1) is 13.5. The van der Waals surface area contributed by atoms with E-state index < -0.39 is 0 Å². The smallest absolute Gasteiger partial charge is 0.160 e. The second-order valence-corrected chi connectivity index (χ2v) is 6.02. The Kier molecular flexibility index (Phi) is 4.75. The molecule has 3 nitrogen and oxygen atoms in total. The van der Waals surface area contributed by atoms with E-state index in [1.54, 1.807) is 13.3 Å². The second kappa shape index (κ2) is 6.32. The SMILES string of the molecule is COc1cnc(C)cc1NC1CCC(SC)CC1. The quantitative estimate of drug-likeness (QED) is 0.904. The number of ether oxygens (including phenoxy) is 1. The fourth-order valence-electron chi connectivity index (χ4n) is 2.49. The summed E-state index contributed by atoms with van der Waals surface area (Å²) in [7, 11) is 1.70. The molecule has 0 spiro atoms. The summed E-state index contributed by atoms with van der Waals surface area (Å²) in [5.41, 5.74) is 2.11. The van der Waals surface area contributed by atoms with Gasteiger partial charge in [0.15, 0.2) is 5.75 Å². The molecular formula is C14H22N2OS. The molecule has 0 saturated heterocycles. The maximum Gasteiger partial charge on any atom is 0.160 e.